The van der Waals surface area contributed by atoms with Gasteiger partial charge in [-0.2, -0.15) is 10.1 Å². The third-order valence-corrected chi connectivity index (χ3v) is 3.85. The van der Waals surface area contributed by atoms with Gasteiger partial charge in [0.25, 0.3) is 5.56 Å². The summed E-state index contributed by atoms with van der Waals surface area (Å²) >= 11 is 0. The number of aliphatic hydroxyl groups is 1. The van der Waals surface area contributed by atoms with Crippen LogP contribution in [0.5, 0.6) is 0 Å². The Morgan fingerprint density at radius 3 is 2.72 bits per heavy atom. The van der Waals surface area contributed by atoms with E-state index in [-0.39, 0.29) is 30.3 Å². The van der Waals surface area contributed by atoms with Crippen LogP contribution >= 0.6 is 0 Å². The minimum Gasteiger partial charge on any atom is -0.395 e. The lowest BCUT2D eigenvalue weighted by Crippen LogP contribution is -2.29. The Morgan fingerprint density at radius 1 is 1.32 bits per heavy atom. The number of aromatic amines is 1. The lowest BCUT2D eigenvalue weighted by Gasteiger charge is -2.07. The molecule has 0 saturated carbocycles. The molecule has 2 aromatic heterocycles. The van der Waals surface area contributed by atoms with E-state index in [0.29, 0.717) is 0 Å². The molecule has 0 saturated heterocycles. The number of hydrogen-bond acceptors (Lipinski definition) is 6. The van der Waals surface area contributed by atoms with Gasteiger partial charge in [0, 0.05) is 13.6 Å². The number of nitrogens with zero attached hydrogens (tertiary/aromatic N) is 4. The average Bonchev–Trinajstić information content (AvgIpc) is 2.98. The fourth-order valence-corrected chi connectivity index (χ4v) is 2.52. The molecule has 0 bridgehead atoms. The third kappa shape index (κ3) is 3.09. The van der Waals surface area contributed by atoms with E-state index in [9.17, 15) is 14.7 Å². The SMILES string of the molecule is C/C(=N/Nc1nc2c(c(=O)[nH]c(=O)n2C)n1CCO)c1ccccc1. The first kappa shape index (κ1) is 16.7. The molecule has 0 amide bonds. The van der Waals surface area contributed by atoms with Crippen LogP contribution < -0.4 is 16.7 Å². The van der Waals surface area contributed by atoms with E-state index in [4.69, 9.17) is 0 Å². The van der Waals surface area contributed by atoms with Crippen LogP contribution in [0.2, 0.25) is 0 Å². The number of fused-ring (bicyclic) bond motifs is 1. The van der Waals surface area contributed by atoms with Gasteiger partial charge >= 0.3 is 5.69 Å². The van der Waals surface area contributed by atoms with E-state index >= 15 is 0 Å². The van der Waals surface area contributed by atoms with E-state index in [1.165, 1.54) is 16.2 Å². The molecule has 3 rings (SSSR count). The van der Waals surface area contributed by atoms with Crippen molar-refractivity contribution >= 4 is 22.8 Å². The minimum absolute atomic E-state index is 0.139. The molecule has 0 radical (unpaired) electrons. The number of rotatable bonds is 5. The number of hydrazone groups is 1. The number of hydrogen-bond donors (Lipinski definition) is 3. The maximum absolute atomic E-state index is 12.1. The number of H-pyrrole nitrogens is 1. The molecule has 0 unspecified atom stereocenters. The second-order valence-corrected chi connectivity index (χ2v) is 5.48. The summed E-state index contributed by atoms with van der Waals surface area (Å²) < 4.78 is 2.74. The van der Waals surface area contributed by atoms with Crippen molar-refractivity contribution < 1.29 is 5.11 Å². The van der Waals surface area contributed by atoms with Gasteiger partial charge in [-0.25, -0.2) is 10.2 Å². The normalized spacial score (nSPS) is 11.9. The molecule has 130 valence electrons. The van der Waals surface area contributed by atoms with Crippen LogP contribution in [0.3, 0.4) is 0 Å². The highest BCUT2D eigenvalue weighted by Gasteiger charge is 2.16. The number of imidazole rings is 1. The number of anilines is 1. The van der Waals surface area contributed by atoms with Gasteiger partial charge in [-0.15, -0.1) is 0 Å². The van der Waals surface area contributed by atoms with Crippen molar-refractivity contribution in [2.24, 2.45) is 12.1 Å². The van der Waals surface area contributed by atoms with Gasteiger partial charge in [0.15, 0.2) is 11.2 Å². The zero-order valence-corrected chi connectivity index (χ0v) is 13.9. The standard InChI is InChI=1S/C16H18N6O3/c1-10(11-6-4-3-5-7-11)19-20-15-17-13-12(22(15)8-9-23)14(24)18-16(25)21(13)2/h3-7,23H,8-9H2,1-2H3,(H,17,20)(H,18,24,25)/b19-10-. The van der Waals surface area contributed by atoms with Gasteiger partial charge in [-0.3, -0.25) is 14.3 Å². The Kier molecular flexibility index (Phi) is 4.48. The van der Waals surface area contributed by atoms with E-state index in [2.05, 4.69) is 20.5 Å². The molecule has 0 aliphatic heterocycles. The van der Waals surface area contributed by atoms with Gasteiger partial charge in [0.1, 0.15) is 0 Å². The summed E-state index contributed by atoms with van der Waals surface area (Å²) in [5, 5.41) is 13.6. The molecule has 0 fully saturated rings. The van der Waals surface area contributed by atoms with Crippen molar-refractivity contribution in [3.05, 3.63) is 56.7 Å². The van der Waals surface area contributed by atoms with Crippen LogP contribution in [0.4, 0.5) is 5.95 Å². The number of aliphatic hydroxyl groups excluding tert-OH is 1. The Balaban J connectivity index is 2.08. The summed E-state index contributed by atoms with van der Waals surface area (Å²) in [6.07, 6.45) is 0. The number of aryl methyl sites for hydroxylation is 1. The summed E-state index contributed by atoms with van der Waals surface area (Å²) in [7, 11) is 1.51. The smallest absolute Gasteiger partial charge is 0.329 e. The number of aromatic nitrogens is 4. The van der Waals surface area contributed by atoms with Crippen LogP contribution in [0.15, 0.2) is 45.0 Å². The zero-order valence-electron chi connectivity index (χ0n) is 13.9. The topological polar surface area (TPSA) is 117 Å². The predicted octanol–water partition coefficient (Wildman–Crippen LogP) is 0.252. The number of benzene rings is 1. The number of nitrogens with one attached hydrogen (secondary N) is 2. The molecule has 0 aliphatic rings. The van der Waals surface area contributed by atoms with Crippen molar-refractivity contribution in [2.45, 2.75) is 13.5 Å². The van der Waals surface area contributed by atoms with E-state index < -0.39 is 11.2 Å². The van der Waals surface area contributed by atoms with Crippen molar-refractivity contribution in [3.63, 3.8) is 0 Å². The van der Waals surface area contributed by atoms with Crippen molar-refractivity contribution in [1.29, 1.82) is 0 Å². The zero-order chi connectivity index (χ0) is 18.0. The molecule has 0 atom stereocenters. The van der Waals surface area contributed by atoms with Crippen molar-refractivity contribution in [2.75, 3.05) is 12.0 Å². The molecule has 1 aromatic carbocycles. The monoisotopic (exact) mass is 342 g/mol. The maximum atomic E-state index is 12.1. The third-order valence-electron chi connectivity index (χ3n) is 3.85. The summed E-state index contributed by atoms with van der Waals surface area (Å²) in [5.41, 5.74) is 3.79. The van der Waals surface area contributed by atoms with Crippen molar-refractivity contribution in [1.82, 2.24) is 19.1 Å². The fraction of sp³-hybridized carbons (Fsp3) is 0.250. The Bertz CT molecular complexity index is 1050. The average molecular weight is 342 g/mol. The fourth-order valence-electron chi connectivity index (χ4n) is 2.52. The van der Waals surface area contributed by atoms with Gasteiger partial charge < -0.3 is 9.67 Å². The molecule has 25 heavy (non-hydrogen) atoms. The second kappa shape index (κ2) is 6.73. The summed E-state index contributed by atoms with van der Waals surface area (Å²) in [6, 6.07) is 9.57. The molecule has 2 heterocycles. The van der Waals surface area contributed by atoms with Gasteiger partial charge in [-0.1, -0.05) is 30.3 Å². The molecule has 0 aliphatic carbocycles. The van der Waals surface area contributed by atoms with Crippen LogP contribution in [-0.4, -0.2) is 36.5 Å². The molecule has 9 nitrogen and oxygen atoms in total. The van der Waals surface area contributed by atoms with Gasteiger partial charge in [0.05, 0.1) is 12.3 Å². The summed E-state index contributed by atoms with van der Waals surface area (Å²) in [6.45, 7) is 1.79. The largest absolute Gasteiger partial charge is 0.395 e. The molecule has 9 heteroatoms. The first-order valence-corrected chi connectivity index (χ1v) is 7.69. The highest BCUT2D eigenvalue weighted by atomic mass is 16.3. The molecular weight excluding hydrogens is 324 g/mol. The lowest BCUT2D eigenvalue weighted by atomic mass is 10.1. The molecule has 3 N–H and O–H groups in total. The first-order valence-electron chi connectivity index (χ1n) is 7.69. The second-order valence-electron chi connectivity index (χ2n) is 5.48. The first-order chi connectivity index (χ1) is 12.0. The quantitative estimate of drug-likeness (QED) is 0.454. The predicted molar refractivity (Wildman–Crippen MR) is 95.0 cm³/mol. The maximum Gasteiger partial charge on any atom is 0.329 e. The van der Waals surface area contributed by atoms with Crippen LogP contribution in [0.25, 0.3) is 11.2 Å². The van der Waals surface area contributed by atoms with Crippen LogP contribution in [0.1, 0.15) is 12.5 Å². The Labute approximate surface area is 142 Å². The Morgan fingerprint density at radius 2 is 2.04 bits per heavy atom. The van der Waals surface area contributed by atoms with E-state index in [1.807, 2.05) is 37.3 Å². The van der Waals surface area contributed by atoms with E-state index in [0.717, 1.165) is 11.3 Å². The van der Waals surface area contributed by atoms with E-state index in [1.54, 1.807) is 0 Å². The summed E-state index contributed by atoms with van der Waals surface area (Å²) in [4.78, 5) is 30.4. The van der Waals surface area contributed by atoms with Crippen LogP contribution in [0, 0.1) is 0 Å². The highest BCUT2D eigenvalue weighted by molar-refractivity contribution is 5.99. The molecule has 0 spiro atoms. The molecule has 3 aromatic rings. The Hall–Kier alpha value is -3.20. The molecular formula is C16H18N6O3. The van der Waals surface area contributed by atoms with Gasteiger partial charge in [0.2, 0.25) is 5.95 Å². The van der Waals surface area contributed by atoms with Crippen LogP contribution in [-0.2, 0) is 13.6 Å². The van der Waals surface area contributed by atoms with Crippen molar-refractivity contribution in [3.8, 4) is 0 Å². The summed E-state index contributed by atoms with van der Waals surface area (Å²) in [5.74, 6) is 0.269. The highest BCUT2D eigenvalue weighted by Crippen LogP contribution is 2.15. The van der Waals surface area contributed by atoms with Gasteiger partial charge in [-0.05, 0) is 12.5 Å². The minimum atomic E-state index is -0.559. The lowest BCUT2D eigenvalue weighted by molar-refractivity contribution is 0.278.